The van der Waals surface area contributed by atoms with E-state index >= 15 is 0 Å². The third-order valence-corrected chi connectivity index (χ3v) is 6.76. The van der Waals surface area contributed by atoms with E-state index in [0.29, 0.717) is 26.2 Å². The molecule has 11 nitrogen and oxygen atoms in total. The van der Waals surface area contributed by atoms with Crippen LogP contribution in [0.1, 0.15) is 38.5 Å². The van der Waals surface area contributed by atoms with Gasteiger partial charge in [0.1, 0.15) is 0 Å². The van der Waals surface area contributed by atoms with Crippen molar-refractivity contribution in [2.45, 2.75) is 38.5 Å². The van der Waals surface area contributed by atoms with E-state index in [9.17, 15) is 16.8 Å². The predicted octanol–water partition coefficient (Wildman–Crippen LogP) is -0.906. The third kappa shape index (κ3) is 5.80. The highest BCUT2D eigenvalue weighted by atomic mass is 32.2. The molecule has 0 unspecified atom stereocenters. The van der Waals surface area contributed by atoms with Crippen molar-refractivity contribution in [1.82, 2.24) is 8.61 Å². The molecule has 0 amide bonds. The molecule has 2 heterocycles. The molecule has 13 heteroatoms. The van der Waals surface area contributed by atoms with Crippen molar-refractivity contribution in [3.63, 3.8) is 0 Å². The minimum atomic E-state index is -3.99. The van der Waals surface area contributed by atoms with Crippen LogP contribution in [0, 0.1) is 0 Å². The summed E-state index contributed by atoms with van der Waals surface area (Å²) in [4.78, 5) is 0. The Morgan fingerprint density at radius 3 is 1.32 bits per heavy atom. The molecule has 2 rings (SSSR count). The maximum atomic E-state index is 12.1. The van der Waals surface area contributed by atoms with E-state index in [1.807, 2.05) is 0 Å². The van der Waals surface area contributed by atoms with E-state index in [2.05, 4.69) is 8.80 Å². The van der Waals surface area contributed by atoms with E-state index in [0.717, 1.165) is 38.5 Å². The monoisotopic (exact) mass is 396 g/mol. The van der Waals surface area contributed by atoms with Crippen molar-refractivity contribution in [2.24, 2.45) is 20.3 Å². The summed E-state index contributed by atoms with van der Waals surface area (Å²) in [6.07, 6.45) is 4.88. The van der Waals surface area contributed by atoms with E-state index in [4.69, 9.17) is 16.2 Å². The van der Waals surface area contributed by atoms with E-state index < -0.39 is 32.5 Å². The topological polar surface area (TPSA) is 161 Å². The molecular weight excluding hydrogens is 372 g/mol. The summed E-state index contributed by atoms with van der Waals surface area (Å²) in [7, 11) is -7.98. The summed E-state index contributed by atoms with van der Waals surface area (Å²) in [6, 6.07) is -1.55. The van der Waals surface area contributed by atoms with Crippen LogP contribution in [0.15, 0.2) is 8.80 Å². The molecule has 0 aromatic heterocycles. The maximum absolute atomic E-state index is 12.1. The second-order valence-corrected chi connectivity index (χ2v) is 9.03. The Hall–Kier alpha value is -1.44. The number of rotatable bonds is 4. The number of amidine groups is 2. The fourth-order valence-electron chi connectivity index (χ4n) is 2.68. The van der Waals surface area contributed by atoms with Gasteiger partial charge in [-0.3, -0.25) is 0 Å². The number of hydrogen-bond acceptors (Lipinski definition) is 5. The van der Waals surface area contributed by atoms with Gasteiger partial charge < -0.3 is 16.2 Å². The van der Waals surface area contributed by atoms with Crippen LogP contribution in [0.25, 0.3) is 0 Å². The molecule has 2 fully saturated rings. The maximum Gasteiger partial charge on any atom is 0.326 e. The summed E-state index contributed by atoms with van der Waals surface area (Å²) < 4.78 is 62.1. The first kappa shape index (κ1) is 19.9. The van der Waals surface area contributed by atoms with Crippen LogP contribution < -0.4 is 11.5 Å². The van der Waals surface area contributed by atoms with Gasteiger partial charge in [0, 0.05) is 26.2 Å². The fraction of sp³-hybridized carbons (Fsp3) is 0.833. The van der Waals surface area contributed by atoms with Crippen molar-refractivity contribution >= 4 is 32.5 Å². The Kier molecular flexibility index (Phi) is 6.59. The van der Waals surface area contributed by atoms with E-state index in [1.165, 1.54) is 8.61 Å². The van der Waals surface area contributed by atoms with Gasteiger partial charge >= 0.3 is 32.5 Å². The van der Waals surface area contributed by atoms with Gasteiger partial charge in [-0.25, -0.2) is 0 Å². The minimum absolute atomic E-state index is 0.353. The standard InChI is InChI=1S/C12H24N6O5S2/c13-11(15-24(19,20)17-7-3-1-4-8-17)23-12(14)16-25(21,22)18-9-5-2-6-10-18/h1-10H2,(H2,13,15)(H2,14,16). The summed E-state index contributed by atoms with van der Waals surface area (Å²) in [5.41, 5.74) is 10.8. The lowest BCUT2D eigenvalue weighted by atomic mass is 10.2. The molecule has 2 saturated heterocycles. The van der Waals surface area contributed by atoms with Crippen LogP contribution in [0.5, 0.6) is 0 Å². The molecule has 0 aromatic carbocycles. The summed E-state index contributed by atoms with van der Waals surface area (Å²) >= 11 is 0. The number of hydrogen-bond donors (Lipinski definition) is 2. The molecule has 0 aromatic rings. The first-order valence-electron chi connectivity index (χ1n) is 8.09. The zero-order valence-corrected chi connectivity index (χ0v) is 15.5. The van der Waals surface area contributed by atoms with Gasteiger partial charge in [0.2, 0.25) is 0 Å². The Labute approximate surface area is 148 Å². The molecule has 0 spiro atoms. The van der Waals surface area contributed by atoms with Crippen LogP contribution in [0.2, 0.25) is 0 Å². The summed E-state index contributed by atoms with van der Waals surface area (Å²) in [5.74, 6) is 0. The quantitative estimate of drug-likeness (QED) is 0.459. The van der Waals surface area contributed by atoms with Crippen LogP contribution in [0.3, 0.4) is 0 Å². The van der Waals surface area contributed by atoms with Gasteiger partial charge in [-0.05, 0) is 25.7 Å². The number of piperidine rings is 2. The first-order chi connectivity index (χ1) is 11.7. The van der Waals surface area contributed by atoms with Gasteiger partial charge in [0.25, 0.3) is 0 Å². The highest BCUT2D eigenvalue weighted by Gasteiger charge is 2.26. The van der Waals surface area contributed by atoms with Crippen LogP contribution >= 0.6 is 0 Å². The molecule has 4 N–H and O–H groups in total. The zero-order chi connectivity index (χ0) is 18.5. The average molecular weight is 396 g/mol. The van der Waals surface area contributed by atoms with Crippen molar-refractivity contribution in [1.29, 1.82) is 0 Å². The Morgan fingerprint density at radius 1 is 0.680 bits per heavy atom. The largest absolute Gasteiger partial charge is 0.391 e. The molecule has 0 saturated carbocycles. The number of nitrogens with two attached hydrogens (primary N) is 2. The van der Waals surface area contributed by atoms with Gasteiger partial charge in [-0.1, -0.05) is 21.6 Å². The molecule has 25 heavy (non-hydrogen) atoms. The third-order valence-electron chi connectivity index (χ3n) is 3.90. The first-order valence-corrected chi connectivity index (χ1v) is 10.9. The fourth-order valence-corrected chi connectivity index (χ4v) is 4.88. The molecule has 0 aliphatic carbocycles. The van der Waals surface area contributed by atoms with Gasteiger partial charge in [0.15, 0.2) is 0 Å². The lowest BCUT2D eigenvalue weighted by Gasteiger charge is -2.23. The van der Waals surface area contributed by atoms with Crippen LogP contribution in [-0.4, -0.2) is 63.7 Å². The van der Waals surface area contributed by atoms with Gasteiger partial charge in [-0.2, -0.15) is 25.4 Å². The van der Waals surface area contributed by atoms with E-state index in [1.54, 1.807) is 0 Å². The normalized spacial score (nSPS) is 22.7. The van der Waals surface area contributed by atoms with Gasteiger partial charge in [-0.15, -0.1) is 0 Å². The summed E-state index contributed by atoms with van der Waals surface area (Å²) in [6.45, 7) is 1.41. The Morgan fingerprint density at radius 2 is 1.00 bits per heavy atom. The molecule has 2 aliphatic heterocycles. The van der Waals surface area contributed by atoms with Crippen molar-refractivity contribution in [3.05, 3.63) is 0 Å². The van der Waals surface area contributed by atoms with Crippen molar-refractivity contribution in [2.75, 3.05) is 26.2 Å². The van der Waals surface area contributed by atoms with E-state index in [-0.39, 0.29) is 0 Å². The predicted molar refractivity (Wildman–Crippen MR) is 93.0 cm³/mol. The minimum Gasteiger partial charge on any atom is -0.391 e. The Balaban J connectivity index is 2.03. The molecule has 0 bridgehead atoms. The second-order valence-electron chi connectivity index (χ2n) is 5.84. The highest BCUT2D eigenvalue weighted by Crippen LogP contribution is 2.15. The smallest absolute Gasteiger partial charge is 0.326 e. The highest BCUT2D eigenvalue weighted by molar-refractivity contribution is 7.88. The molecule has 0 atom stereocenters. The molecule has 2 aliphatic rings. The average Bonchev–Trinajstić information content (AvgIpc) is 2.55. The lowest BCUT2D eigenvalue weighted by Crippen LogP contribution is -2.38. The Bertz CT molecular complexity index is 659. The van der Waals surface area contributed by atoms with Gasteiger partial charge in [0.05, 0.1) is 0 Å². The summed E-state index contributed by atoms with van der Waals surface area (Å²) in [5, 5.41) is 0. The van der Waals surface area contributed by atoms with Crippen LogP contribution in [0.4, 0.5) is 0 Å². The molecule has 144 valence electrons. The van der Waals surface area contributed by atoms with Crippen LogP contribution in [-0.2, 0) is 25.2 Å². The number of nitrogens with zero attached hydrogens (tertiary/aromatic N) is 4. The second kappa shape index (κ2) is 8.29. The molecule has 0 radical (unpaired) electrons. The molecular formula is C12H24N6O5S2. The number of ether oxygens (including phenoxy) is 1. The lowest BCUT2D eigenvalue weighted by molar-refractivity contribution is 0.346. The van der Waals surface area contributed by atoms with Crippen molar-refractivity contribution < 1.29 is 21.6 Å². The zero-order valence-electron chi connectivity index (χ0n) is 13.9. The SMILES string of the molecule is NC(=NS(=O)(=O)N1CCCCC1)OC(N)=NS(=O)(=O)N1CCCCC1. The van der Waals surface area contributed by atoms with Crippen molar-refractivity contribution in [3.8, 4) is 0 Å².